The van der Waals surface area contributed by atoms with Crippen LogP contribution in [0.1, 0.15) is 13.8 Å². The van der Waals surface area contributed by atoms with Crippen molar-refractivity contribution in [1.82, 2.24) is 0 Å². The van der Waals surface area contributed by atoms with Gasteiger partial charge in [0, 0.05) is 31.8 Å². The van der Waals surface area contributed by atoms with E-state index in [1.165, 1.54) is 0 Å². The van der Waals surface area contributed by atoms with E-state index in [4.69, 9.17) is 18.3 Å². The molecule has 1 saturated heterocycles. The Kier molecular flexibility index (Phi) is 6.53. The fourth-order valence-electron chi connectivity index (χ4n) is 1.68. The van der Waals surface area contributed by atoms with Gasteiger partial charge in [0.05, 0.1) is 19.8 Å². The van der Waals surface area contributed by atoms with Crippen molar-refractivity contribution in [3.8, 4) is 0 Å². The molecule has 0 spiro atoms. The molecule has 0 N–H and O–H groups in total. The summed E-state index contributed by atoms with van der Waals surface area (Å²) in [4.78, 5) is 0. The number of hydrogen-bond acceptors (Lipinski definition) is 4. The minimum Gasteiger partial charge on any atom is -0.395 e. The van der Waals surface area contributed by atoms with Crippen molar-refractivity contribution < 1.29 is 18.3 Å². The standard InChI is InChI=1S/C11H24O4Si/c1-4-14-16(3,15-5-2)7-6-12-8-11-9-13-10-11/h11H,4-10H2,1-3H3. The second-order valence-corrected chi connectivity index (χ2v) is 7.57. The van der Waals surface area contributed by atoms with Crippen LogP contribution in [0.2, 0.25) is 12.6 Å². The van der Waals surface area contributed by atoms with Crippen molar-refractivity contribution >= 4 is 8.56 Å². The highest BCUT2D eigenvalue weighted by atomic mass is 28.4. The van der Waals surface area contributed by atoms with Gasteiger partial charge in [-0.3, -0.25) is 0 Å². The number of ether oxygens (including phenoxy) is 2. The molecular formula is C11H24O4Si. The van der Waals surface area contributed by atoms with E-state index in [-0.39, 0.29) is 0 Å². The Bertz CT molecular complexity index is 179. The zero-order valence-electron chi connectivity index (χ0n) is 10.7. The average Bonchev–Trinajstić information content (AvgIpc) is 2.15. The Labute approximate surface area is 99.5 Å². The van der Waals surface area contributed by atoms with Crippen LogP contribution in [0.25, 0.3) is 0 Å². The van der Waals surface area contributed by atoms with Crippen molar-refractivity contribution in [2.75, 3.05) is 39.6 Å². The first-order valence-electron chi connectivity index (χ1n) is 6.13. The summed E-state index contributed by atoms with van der Waals surface area (Å²) in [6, 6.07) is 0.905. The summed E-state index contributed by atoms with van der Waals surface area (Å²) < 4.78 is 22.2. The maximum absolute atomic E-state index is 5.73. The maximum Gasteiger partial charge on any atom is 0.337 e. The van der Waals surface area contributed by atoms with Crippen molar-refractivity contribution in [1.29, 1.82) is 0 Å². The minimum atomic E-state index is -1.97. The molecule has 5 heteroatoms. The van der Waals surface area contributed by atoms with Crippen LogP contribution in [0.3, 0.4) is 0 Å². The summed E-state index contributed by atoms with van der Waals surface area (Å²) in [5.74, 6) is 0.604. The van der Waals surface area contributed by atoms with E-state index in [0.717, 1.165) is 45.7 Å². The van der Waals surface area contributed by atoms with Gasteiger partial charge in [-0.05, 0) is 20.4 Å². The first-order chi connectivity index (χ1) is 7.70. The molecule has 96 valence electrons. The molecule has 1 rings (SSSR count). The molecule has 4 nitrogen and oxygen atoms in total. The van der Waals surface area contributed by atoms with E-state index in [1.807, 2.05) is 13.8 Å². The zero-order chi connectivity index (χ0) is 11.9. The van der Waals surface area contributed by atoms with Gasteiger partial charge in [-0.2, -0.15) is 0 Å². The highest BCUT2D eigenvalue weighted by molar-refractivity contribution is 6.66. The second-order valence-electron chi connectivity index (χ2n) is 4.23. The van der Waals surface area contributed by atoms with Crippen LogP contribution in [0, 0.1) is 5.92 Å². The van der Waals surface area contributed by atoms with E-state index in [1.54, 1.807) is 0 Å². The molecule has 0 bridgehead atoms. The first-order valence-corrected chi connectivity index (χ1v) is 8.66. The first kappa shape index (κ1) is 14.1. The second kappa shape index (κ2) is 7.40. The third kappa shape index (κ3) is 4.93. The molecule has 0 saturated carbocycles. The Hall–Kier alpha value is 0.0569. The van der Waals surface area contributed by atoms with E-state index < -0.39 is 8.56 Å². The van der Waals surface area contributed by atoms with Crippen molar-refractivity contribution in [2.24, 2.45) is 5.92 Å². The molecule has 0 aliphatic carbocycles. The molecule has 1 heterocycles. The fourth-order valence-corrected chi connectivity index (χ4v) is 3.79. The van der Waals surface area contributed by atoms with Gasteiger partial charge in [-0.15, -0.1) is 0 Å². The van der Waals surface area contributed by atoms with E-state index in [9.17, 15) is 0 Å². The number of rotatable bonds is 9. The summed E-state index contributed by atoms with van der Waals surface area (Å²) in [6.07, 6.45) is 0. The van der Waals surface area contributed by atoms with E-state index >= 15 is 0 Å². The van der Waals surface area contributed by atoms with Crippen LogP contribution >= 0.6 is 0 Å². The smallest absolute Gasteiger partial charge is 0.337 e. The van der Waals surface area contributed by atoms with Gasteiger partial charge in [0.2, 0.25) is 0 Å². The van der Waals surface area contributed by atoms with Crippen molar-refractivity contribution in [3.05, 3.63) is 0 Å². The van der Waals surface area contributed by atoms with Gasteiger partial charge in [0.15, 0.2) is 0 Å². The quantitative estimate of drug-likeness (QED) is 0.460. The molecule has 0 radical (unpaired) electrons. The average molecular weight is 248 g/mol. The molecule has 0 unspecified atom stereocenters. The van der Waals surface area contributed by atoms with Gasteiger partial charge in [0.25, 0.3) is 0 Å². The molecule has 0 amide bonds. The van der Waals surface area contributed by atoms with Crippen LogP contribution in [0.4, 0.5) is 0 Å². The molecule has 1 aliphatic heterocycles. The predicted octanol–water partition coefficient (Wildman–Crippen LogP) is 1.79. The summed E-state index contributed by atoms with van der Waals surface area (Å²) in [5, 5.41) is 0. The van der Waals surface area contributed by atoms with Crippen LogP contribution in [0.15, 0.2) is 0 Å². The lowest BCUT2D eigenvalue weighted by molar-refractivity contribution is -0.0704. The Balaban J connectivity index is 2.10. The highest BCUT2D eigenvalue weighted by Gasteiger charge is 2.30. The van der Waals surface area contributed by atoms with Crippen molar-refractivity contribution in [2.45, 2.75) is 26.4 Å². The SMILES string of the molecule is CCO[Si](C)(CCOCC1COC1)OCC. The summed E-state index contributed by atoms with van der Waals surface area (Å²) in [6.45, 7) is 10.8. The fraction of sp³-hybridized carbons (Fsp3) is 1.00. The molecule has 0 aromatic rings. The van der Waals surface area contributed by atoms with Gasteiger partial charge < -0.3 is 18.3 Å². The van der Waals surface area contributed by atoms with Gasteiger partial charge in [-0.25, -0.2) is 0 Å². The maximum atomic E-state index is 5.73. The normalized spacial score (nSPS) is 17.4. The zero-order valence-corrected chi connectivity index (χ0v) is 11.7. The summed E-state index contributed by atoms with van der Waals surface area (Å²) in [7, 11) is -1.97. The Morgan fingerprint density at radius 1 is 1.19 bits per heavy atom. The lowest BCUT2D eigenvalue weighted by atomic mass is 10.1. The molecule has 1 fully saturated rings. The summed E-state index contributed by atoms with van der Waals surface area (Å²) >= 11 is 0. The summed E-state index contributed by atoms with van der Waals surface area (Å²) in [5.41, 5.74) is 0. The lowest BCUT2D eigenvalue weighted by Gasteiger charge is -2.28. The highest BCUT2D eigenvalue weighted by Crippen LogP contribution is 2.15. The topological polar surface area (TPSA) is 36.9 Å². The third-order valence-corrected chi connectivity index (χ3v) is 5.57. The Morgan fingerprint density at radius 2 is 1.81 bits per heavy atom. The van der Waals surface area contributed by atoms with Crippen molar-refractivity contribution in [3.63, 3.8) is 0 Å². The van der Waals surface area contributed by atoms with Gasteiger partial charge >= 0.3 is 8.56 Å². The van der Waals surface area contributed by atoms with E-state index in [0.29, 0.717) is 5.92 Å². The van der Waals surface area contributed by atoms with E-state index in [2.05, 4.69) is 6.55 Å². The van der Waals surface area contributed by atoms with Crippen LogP contribution in [-0.2, 0) is 18.3 Å². The molecule has 0 aromatic heterocycles. The molecule has 0 atom stereocenters. The van der Waals surface area contributed by atoms with Gasteiger partial charge in [-0.1, -0.05) is 0 Å². The molecule has 0 aromatic carbocycles. The monoisotopic (exact) mass is 248 g/mol. The van der Waals surface area contributed by atoms with Crippen LogP contribution in [-0.4, -0.2) is 48.2 Å². The minimum absolute atomic E-state index is 0.604. The number of hydrogen-bond donors (Lipinski definition) is 0. The molecular weight excluding hydrogens is 224 g/mol. The predicted molar refractivity (Wildman–Crippen MR) is 64.8 cm³/mol. The van der Waals surface area contributed by atoms with Crippen LogP contribution in [0.5, 0.6) is 0 Å². The largest absolute Gasteiger partial charge is 0.395 e. The molecule has 1 aliphatic rings. The lowest BCUT2D eigenvalue weighted by Crippen LogP contribution is -2.40. The molecule has 16 heavy (non-hydrogen) atoms. The Morgan fingerprint density at radius 3 is 2.25 bits per heavy atom. The van der Waals surface area contributed by atoms with Gasteiger partial charge in [0.1, 0.15) is 0 Å². The third-order valence-electron chi connectivity index (χ3n) is 2.66. The van der Waals surface area contributed by atoms with Crippen LogP contribution < -0.4 is 0 Å².